The van der Waals surface area contributed by atoms with Gasteiger partial charge in [0.15, 0.2) is 5.11 Å². The first-order valence-electron chi connectivity index (χ1n) is 6.90. The summed E-state index contributed by atoms with van der Waals surface area (Å²) in [4.78, 5) is 15.8. The molecule has 0 bridgehead atoms. The lowest BCUT2D eigenvalue weighted by Gasteiger charge is -2.37. The van der Waals surface area contributed by atoms with Crippen molar-refractivity contribution >= 4 is 46.2 Å². The number of amides is 1. The number of halogens is 1. The molecule has 0 unspecified atom stereocenters. The van der Waals surface area contributed by atoms with Gasteiger partial charge in [0, 0.05) is 37.6 Å². The zero-order valence-corrected chi connectivity index (χ0v) is 13.5. The predicted molar refractivity (Wildman–Crippen MR) is 90.9 cm³/mol. The average molecular weight is 327 g/mol. The zero-order valence-electron chi connectivity index (χ0n) is 11.9. The van der Waals surface area contributed by atoms with E-state index in [1.807, 2.05) is 24.0 Å². The average Bonchev–Trinajstić information content (AvgIpc) is 2.46. The van der Waals surface area contributed by atoms with Crippen LogP contribution in [-0.4, -0.2) is 42.1 Å². The molecular weight excluding hydrogens is 308 g/mol. The number of nitrogens with one attached hydrogen (secondary N) is 1. The van der Waals surface area contributed by atoms with Crippen LogP contribution in [-0.2, 0) is 4.79 Å². The van der Waals surface area contributed by atoms with Crippen LogP contribution in [0.15, 0.2) is 18.2 Å². The maximum atomic E-state index is 11.7. The van der Waals surface area contributed by atoms with E-state index < -0.39 is 0 Å². The highest BCUT2D eigenvalue weighted by molar-refractivity contribution is 7.80. The maximum absolute atomic E-state index is 11.7. The Morgan fingerprint density at radius 1 is 1.38 bits per heavy atom. The number of hydrogen-bond acceptors (Lipinski definition) is 3. The normalized spacial score (nSPS) is 15.0. The first-order valence-corrected chi connectivity index (χ1v) is 7.68. The molecular formula is C14H19ClN4OS. The van der Waals surface area contributed by atoms with Gasteiger partial charge in [-0.15, -0.1) is 0 Å². The Bertz CT molecular complexity index is 544. The van der Waals surface area contributed by atoms with E-state index in [1.165, 1.54) is 0 Å². The van der Waals surface area contributed by atoms with Gasteiger partial charge < -0.3 is 20.9 Å². The molecule has 1 aliphatic rings. The van der Waals surface area contributed by atoms with Gasteiger partial charge in [0.05, 0.1) is 11.4 Å². The van der Waals surface area contributed by atoms with Crippen molar-refractivity contribution in [1.82, 2.24) is 4.90 Å². The second-order valence-corrected chi connectivity index (χ2v) is 5.75. The van der Waals surface area contributed by atoms with E-state index in [9.17, 15) is 4.79 Å². The second-order valence-electron chi connectivity index (χ2n) is 4.87. The monoisotopic (exact) mass is 326 g/mol. The fraction of sp³-hybridized carbons (Fsp3) is 0.429. The van der Waals surface area contributed by atoms with Gasteiger partial charge in [-0.1, -0.05) is 18.5 Å². The molecule has 2 rings (SSSR count). The molecule has 0 aliphatic carbocycles. The van der Waals surface area contributed by atoms with Crippen molar-refractivity contribution in [1.29, 1.82) is 0 Å². The van der Waals surface area contributed by atoms with E-state index in [2.05, 4.69) is 10.2 Å². The van der Waals surface area contributed by atoms with E-state index in [0.29, 0.717) is 11.4 Å². The van der Waals surface area contributed by atoms with E-state index in [4.69, 9.17) is 29.6 Å². The van der Waals surface area contributed by atoms with Gasteiger partial charge in [-0.2, -0.15) is 0 Å². The lowest BCUT2D eigenvalue weighted by molar-refractivity contribution is -0.131. The van der Waals surface area contributed by atoms with Crippen molar-refractivity contribution in [2.75, 3.05) is 36.4 Å². The molecule has 1 fully saturated rings. The molecule has 1 amide bonds. The van der Waals surface area contributed by atoms with E-state index in [1.54, 1.807) is 6.07 Å². The minimum absolute atomic E-state index is 0.201. The van der Waals surface area contributed by atoms with Crippen molar-refractivity contribution < 1.29 is 4.79 Å². The fourth-order valence-electron chi connectivity index (χ4n) is 2.44. The van der Waals surface area contributed by atoms with E-state index >= 15 is 0 Å². The molecule has 3 N–H and O–H groups in total. The number of carbonyl (C=O) groups is 1. The van der Waals surface area contributed by atoms with Crippen LogP contribution in [0.1, 0.15) is 13.3 Å². The predicted octanol–water partition coefficient (Wildman–Crippen LogP) is 2.05. The summed E-state index contributed by atoms with van der Waals surface area (Å²) >= 11 is 10.9. The summed E-state index contributed by atoms with van der Waals surface area (Å²) in [5, 5.41) is 3.79. The van der Waals surface area contributed by atoms with Crippen LogP contribution in [0.2, 0.25) is 5.02 Å². The standard InChI is InChI=1S/C14H19ClN4OS/c1-2-13(20)19-7-5-18(6-8-19)12-4-3-10(15)9-11(12)17-14(16)21/h3-4,9H,2,5-8H2,1H3,(H3,16,17,21). The first-order chi connectivity index (χ1) is 10.0. The highest BCUT2D eigenvalue weighted by Crippen LogP contribution is 2.30. The molecule has 0 aromatic heterocycles. The van der Waals surface area contributed by atoms with Crippen molar-refractivity contribution in [3.8, 4) is 0 Å². The molecule has 1 aliphatic heterocycles. The number of benzene rings is 1. The molecule has 1 saturated heterocycles. The van der Waals surface area contributed by atoms with Crippen LogP contribution in [0.25, 0.3) is 0 Å². The van der Waals surface area contributed by atoms with Gasteiger partial charge >= 0.3 is 0 Å². The smallest absolute Gasteiger partial charge is 0.222 e. The molecule has 114 valence electrons. The summed E-state index contributed by atoms with van der Waals surface area (Å²) in [5.41, 5.74) is 7.35. The lowest BCUT2D eigenvalue weighted by atomic mass is 10.2. The largest absolute Gasteiger partial charge is 0.376 e. The van der Waals surface area contributed by atoms with Crippen molar-refractivity contribution in [3.05, 3.63) is 23.2 Å². The van der Waals surface area contributed by atoms with E-state index in [-0.39, 0.29) is 11.0 Å². The third kappa shape index (κ3) is 3.98. The minimum Gasteiger partial charge on any atom is -0.376 e. The number of nitrogens with two attached hydrogens (primary N) is 1. The molecule has 0 saturated carbocycles. The molecule has 1 heterocycles. The molecule has 21 heavy (non-hydrogen) atoms. The van der Waals surface area contributed by atoms with Crippen LogP contribution in [0, 0.1) is 0 Å². The number of nitrogens with zero attached hydrogens (tertiary/aromatic N) is 2. The highest BCUT2D eigenvalue weighted by atomic mass is 35.5. The third-order valence-corrected chi connectivity index (χ3v) is 3.83. The number of rotatable bonds is 3. The van der Waals surface area contributed by atoms with Crippen molar-refractivity contribution in [2.45, 2.75) is 13.3 Å². The van der Waals surface area contributed by atoms with Crippen LogP contribution in [0.3, 0.4) is 0 Å². The topological polar surface area (TPSA) is 61.6 Å². The second kappa shape index (κ2) is 6.95. The Balaban J connectivity index is 2.12. The minimum atomic E-state index is 0.201. The van der Waals surface area contributed by atoms with Crippen LogP contribution in [0.4, 0.5) is 11.4 Å². The number of piperazine rings is 1. The van der Waals surface area contributed by atoms with Gasteiger partial charge in [0.25, 0.3) is 0 Å². The molecule has 0 atom stereocenters. The van der Waals surface area contributed by atoms with E-state index in [0.717, 1.165) is 37.6 Å². The Morgan fingerprint density at radius 2 is 2.05 bits per heavy atom. The van der Waals surface area contributed by atoms with Crippen LogP contribution < -0.4 is 16.0 Å². The molecule has 1 aromatic carbocycles. The summed E-state index contributed by atoms with van der Waals surface area (Å²) in [5.74, 6) is 0.201. The molecule has 5 nitrogen and oxygen atoms in total. The number of hydrogen-bond donors (Lipinski definition) is 2. The summed E-state index contributed by atoms with van der Waals surface area (Å²) in [6.45, 7) is 4.89. The SMILES string of the molecule is CCC(=O)N1CCN(c2ccc(Cl)cc2NC(N)=S)CC1. The Kier molecular flexibility index (Phi) is 5.25. The molecule has 0 spiro atoms. The summed E-state index contributed by atoms with van der Waals surface area (Å²) < 4.78 is 0. The van der Waals surface area contributed by atoms with Crippen molar-refractivity contribution in [2.24, 2.45) is 5.73 Å². The van der Waals surface area contributed by atoms with Gasteiger partial charge in [-0.05, 0) is 30.4 Å². The highest BCUT2D eigenvalue weighted by Gasteiger charge is 2.21. The van der Waals surface area contributed by atoms with Gasteiger partial charge in [0.1, 0.15) is 0 Å². The molecule has 0 radical (unpaired) electrons. The summed E-state index contributed by atoms with van der Waals surface area (Å²) in [6.07, 6.45) is 0.551. The lowest BCUT2D eigenvalue weighted by Crippen LogP contribution is -2.48. The van der Waals surface area contributed by atoms with Crippen LogP contribution in [0.5, 0.6) is 0 Å². The fourth-order valence-corrected chi connectivity index (χ4v) is 2.72. The number of anilines is 2. The van der Waals surface area contributed by atoms with Gasteiger partial charge in [0.2, 0.25) is 5.91 Å². The van der Waals surface area contributed by atoms with Gasteiger partial charge in [-0.3, -0.25) is 4.79 Å². The third-order valence-electron chi connectivity index (χ3n) is 3.49. The van der Waals surface area contributed by atoms with Gasteiger partial charge in [-0.25, -0.2) is 0 Å². The number of carbonyl (C=O) groups excluding carboxylic acids is 1. The Morgan fingerprint density at radius 3 is 2.62 bits per heavy atom. The molecule has 1 aromatic rings. The number of thiocarbonyl (C=S) groups is 1. The summed E-state index contributed by atoms with van der Waals surface area (Å²) in [6, 6.07) is 5.59. The molecule has 7 heteroatoms. The maximum Gasteiger partial charge on any atom is 0.222 e. The Hall–Kier alpha value is -1.53. The Labute approximate surface area is 135 Å². The summed E-state index contributed by atoms with van der Waals surface area (Å²) in [7, 11) is 0. The van der Waals surface area contributed by atoms with Crippen LogP contribution >= 0.6 is 23.8 Å². The zero-order chi connectivity index (χ0) is 15.4. The quantitative estimate of drug-likeness (QED) is 0.833. The first kappa shape index (κ1) is 15.9. The van der Waals surface area contributed by atoms with Crippen molar-refractivity contribution in [3.63, 3.8) is 0 Å².